The molecule has 0 radical (unpaired) electrons. The lowest BCUT2D eigenvalue weighted by Gasteiger charge is -2.19. The number of nitrogens with zero attached hydrogens (tertiary/aromatic N) is 1. The zero-order valence-corrected chi connectivity index (χ0v) is 9.20. The van der Waals surface area contributed by atoms with E-state index in [9.17, 15) is 0 Å². The van der Waals surface area contributed by atoms with E-state index in [-0.39, 0.29) is 12.1 Å². The first kappa shape index (κ1) is 11.7. The van der Waals surface area contributed by atoms with Crippen molar-refractivity contribution in [3.8, 4) is 12.3 Å². The molecule has 3 heteroatoms. The summed E-state index contributed by atoms with van der Waals surface area (Å²) in [6.45, 7) is 4.40. The molecular weight excluding hydrogens is 186 g/mol. The molecule has 1 rings (SSSR count). The fourth-order valence-corrected chi connectivity index (χ4v) is 1.34. The van der Waals surface area contributed by atoms with E-state index in [1.807, 2.05) is 32.2 Å². The third kappa shape index (κ3) is 3.35. The van der Waals surface area contributed by atoms with Gasteiger partial charge in [0, 0.05) is 24.5 Å². The molecule has 1 aromatic rings. The molecule has 0 aliphatic rings. The topological polar surface area (TPSA) is 50.9 Å². The van der Waals surface area contributed by atoms with E-state index in [2.05, 4.69) is 16.2 Å². The molecule has 0 aliphatic heterocycles. The summed E-state index contributed by atoms with van der Waals surface area (Å²) in [7, 11) is 0. The molecule has 3 N–H and O–H groups in total. The lowest BCUT2D eigenvalue weighted by molar-refractivity contribution is 0.517. The molecular formula is C12H17N3. The minimum atomic E-state index is 0.0138. The van der Waals surface area contributed by atoms with E-state index in [1.54, 1.807) is 0 Å². The van der Waals surface area contributed by atoms with Crippen LogP contribution in [0.2, 0.25) is 0 Å². The summed E-state index contributed by atoms with van der Waals surface area (Å²) < 4.78 is 0. The van der Waals surface area contributed by atoms with Gasteiger partial charge in [-0.15, -0.1) is 6.42 Å². The van der Waals surface area contributed by atoms with Gasteiger partial charge in [-0.05, 0) is 25.5 Å². The summed E-state index contributed by atoms with van der Waals surface area (Å²) >= 11 is 0. The maximum Gasteiger partial charge on any atom is 0.0663 e. The summed E-state index contributed by atoms with van der Waals surface area (Å²) in [5, 5.41) is 3.25. The number of aryl methyl sites for hydroxylation is 1. The first-order valence-electron chi connectivity index (χ1n) is 5.02. The Hall–Kier alpha value is -1.37. The van der Waals surface area contributed by atoms with Crippen molar-refractivity contribution in [1.82, 2.24) is 10.3 Å². The Kier molecular flexibility index (Phi) is 4.29. The molecule has 2 unspecified atom stereocenters. The van der Waals surface area contributed by atoms with Crippen LogP contribution in [0.3, 0.4) is 0 Å². The summed E-state index contributed by atoms with van der Waals surface area (Å²) in [6.07, 6.45) is 7.14. The Morgan fingerprint density at radius 1 is 1.60 bits per heavy atom. The molecule has 15 heavy (non-hydrogen) atoms. The van der Waals surface area contributed by atoms with Crippen LogP contribution in [0.4, 0.5) is 0 Å². The lowest BCUT2D eigenvalue weighted by Crippen LogP contribution is -2.34. The van der Waals surface area contributed by atoms with Gasteiger partial charge in [-0.2, -0.15) is 0 Å². The molecule has 0 aromatic carbocycles. The zero-order valence-electron chi connectivity index (χ0n) is 9.20. The van der Waals surface area contributed by atoms with Crippen LogP contribution in [0, 0.1) is 19.3 Å². The largest absolute Gasteiger partial charge is 0.329 e. The first-order chi connectivity index (χ1) is 7.17. The summed E-state index contributed by atoms with van der Waals surface area (Å²) in [5.74, 6) is 2.62. The summed E-state index contributed by atoms with van der Waals surface area (Å²) in [4.78, 5) is 4.23. The number of terminal acetylenes is 1. The number of rotatable bonds is 4. The van der Waals surface area contributed by atoms with Crippen molar-refractivity contribution in [2.24, 2.45) is 5.73 Å². The summed E-state index contributed by atoms with van der Waals surface area (Å²) in [5.41, 5.74) is 7.76. The molecule has 1 aromatic heterocycles. The molecule has 0 saturated heterocycles. The van der Waals surface area contributed by atoms with Gasteiger partial charge in [-0.3, -0.25) is 10.3 Å². The number of aromatic nitrogens is 1. The number of hydrogen-bond donors (Lipinski definition) is 2. The van der Waals surface area contributed by atoms with Crippen molar-refractivity contribution in [1.29, 1.82) is 0 Å². The number of hydrogen-bond acceptors (Lipinski definition) is 3. The van der Waals surface area contributed by atoms with Crippen molar-refractivity contribution < 1.29 is 0 Å². The molecule has 0 amide bonds. The molecule has 0 fully saturated rings. The number of nitrogens with one attached hydrogen (secondary N) is 1. The van der Waals surface area contributed by atoms with Gasteiger partial charge in [0.15, 0.2) is 0 Å². The van der Waals surface area contributed by atoms with Gasteiger partial charge in [-0.25, -0.2) is 0 Å². The highest BCUT2D eigenvalue weighted by atomic mass is 15.0. The van der Waals surface area contributed by atoms with Crippen LogP contribution in [0.1, 0.15) is 24.2 Å². The van der Waals surface area contributed by atoms with Gasteiger partial charge >= 0.3 is 0 Å². The van der Waals surface area contributed by atoms with Crippen LogP contribution in [-0.2, 0) is 0 Å². The molecule has 1 heterocycles. The Morgan fingerprint density at radius 2 is 2.33 bits per heavy atom. The van der Waals surface area contributed by atoms with Gasteiger partial charge in [-0.1, -0.05) is 12.0 Å². The van der Waals surface area contributed by atoms with Gasteiger partial charge in [0.25, 0.3) is 0 Å². The van der Waals surface area contributed by atoms with Crippen molar-refractivity contribution in [2.75, 3.05) is 6.54 Å². The van der Waals surface area contributed by atoms with E-state index in [4.69, 9.17) is 12.2 Å². The number of nitrogens with two attached hydrogens (primary N) is 1. The minimum Gasteiger partial charge on any atom is -0.329 e. The normalized spacial score (nSPS) is 14.3. The Bertz CT molecular complexity index is 337. The van der Waals surface area contributed by atoms with Crippen LogP contribution < -0.4 is 11.1 Å². The minimum absolute atomic E-state index is 0.0138. The van der Waals surface area contributed by atoms with Gasteiger partial charge in [0.1, 0.15) is 0 Å². The SMILES string of the molecule is C#CC(C)NC(CN)c1ccc(C)nc1. The van der Waals surface area contributed by atoms with Crippen molar-refractivity contribution >= 4 is 0 Å². The fraction of sp³-hybridized carbons (Fsp3) is 0.417. The zero-order chi connectivity index (χ0) is 11.3. The molecule has 3 nitrogen and oxygen atoms in total. The molecule has 0 spiro atoms. The monoisotopic (exact) mass is 203 g/mol. The quantitative estimate of drug-likeness (QED) is 0.718. The molecule has 2 atom stereocenters. The fourth-order valence-electron chi connectivity index (χ4n) is 1.34. The maximum absolute atomic E-state index is 5.69. The lowest BCUT2D eigenvalue weighted by atomic mass is 10.1. The third-order valence-corrected chi connectivity index (χ3v) is 2.27. The van der Waals surface area contributed by atoms with E-state index < -0.39 is 0 Å². The second-order valence-electron chi connectivity index (χ2n) is 3.58. The van der Waals surface area contributed by atoms with Crippen molar-refractivity contribution in [3.63, 3.8) is 0 Å². The first-order valence-corrected chi connectivity index (χ1v) is 5.02. The second kappa shape index (κ2) is 5.50. The molecule has 0 aliphatic carbocycles. The molecule has 80 valence electrons. The highest BCUT2D eigenvalue weighted by molar-refractivity contribution is 5.18. The van der Waals surface area contributed by atoms with E-state index in [0.29, 0.717) is 6.54 Å². The molecule has 0 saturated carbocycles. The van der Waals surface area contributed by atoms with Crippen LogP contribution in [0.15, 0.2) is 18.3 Å². The standard InChI is InChI=1S/C12H17N3/c1-4-9(2)15-12(7-13)11-6-5-10(3)14-8-11/h1,5-6,8-9,12,15H,7,13H2,2-3H3. The Morgan fingerprint density at radius 3 is 2.80 bits per heavy atom. The smallest absolute Gasteiger partial charge is 0.0663 e. The average Bonchev–Trinajstić information content (AvgIpc) is 2.27. The Balaban J connectivity index is 2.75. The highest BCUT2D eigenvalue weighted by Crippen LogP contribution is 2.11. The predicted molar refractivity (Wildman–Crippen MR) is 62.2 cm³/mol. The number of pyridine rings is 1. The highest BCUT2D eigenvalue weighted by Gasteiger charge is 2.11. The average molecular weight is 203 g/mol. The van der Waals surface area contributed by atoms with Gasteiger partial charge in [0.2, 0.25) is 0 Å². The third-order valence-electron chi connectivity index (χ3n) is 2.27. The van der Waals surface area contributed by atoms with E-state index in [1.165, 1.54) is 0 Å². The predicted octanol–water partition coefficient (Wildman–Crippen LogP) is 1.00. The van der Waals surface area contributed by atoms with Crippen LogP contribution in [0.5, 0.6) is 0 Å². The van der Waals surface area contributed by atoms with Gasteiger partial charge < -0.3 is 5.73 Å². The summed E-state index contributed by atoms with van der Waals surface area (Å²) in [6, 6.07) is 4.08. The van der Waals surface area contributed by atoms with Crippen molar-refractivity contribution in [2.45, 2.75) is 25.9 Å². The molecule has 0 bridgehead atoms. The van der Waals surface area contributed by atoms with E-state index in [0.717, 1.165) is 11.3 Å². The van der Waals surface area contributed by atoms with E-state index >= 15 is 0 Å². The van der Waals surface area contributed by atoms with Gasteiger partial charge in [0.05, 0.1) is 6.04 Å². The van der Waals surface area contributed by atoms with Crippen molar-refractivity contribution in [3.05, 3.63) is 29.6 Å². The Labute approximate surface area is 91.1 Å². The van der Waals surface area contributed by atoms with Crippen LogP contribution >= 0.6 is 0 Å². The van der Waals surface area contributed by atoms with Crippen LogP contribution in [0.25, 0.3) is 0 Å². The second-order valence-corrected chi connectivity index (χ2v) is 3.58. The maximum atomic E-state index is 5.69. The van der Waals surface area contributed by atoms with Crippen LogP contribution in [-0.4, -0.2) is 17.6 Å².